The molecule has 0 radical (unpaired) electrons. The van der Waals surface area contributed by atoms with Crippen molar-refractivity contribution in [3.05, 3.63) is 64.2 Å². The quantitative estimate of drug-likeness (QED) is 0.421. The third kappa shape index (κ3) is 6.39. The van der Waals surface area contributed by atoms with Crippen molar-refractivity contribution >= 4 is 5.97 Å². The van der Waals surface area contributed by atoms with E-state index in [0.29, 0.717) is 43.9 Å². The van der Waals surface area contributed by atoms with Gasteiger partial charge in [-0.05, 0) is 93.9 Å². The van der Waals surface area contributed by atoms with Crippen LogP contribution < -0.4 is 0 Å². The average molecular weight is 511 g/mol. The molecule has 3 heterocycles. The SMILES string of the molecule is O=C(O)[C@@H](c1cccc(F)c1[C@H]1CCCCO1)N1CC[C@@H](OCCCCc2ccc3c(n2)CCCC3)C1. The van der Waals surface area contributed by atoms with Gasteiger partial charge in [-0.1, -0.05) is 18.2 Å². The number of fused-ring (bicyclic) bond motifs is 1. The van der Waals surface area contributed by atoms with Crippen LogP contribution in [0.5, 0.6) is 0 Å². The predicted molar refractivity (Wildman–Crippen MR) is 139 cm³/mol. The van der Waals surface area contributed by atoms with Crippen molar-refractivity contribution in [2.45, 2.75) is 88.9 Å². The molecule has 6 nitrogen and oxygen atoms in total. The Bertz CT molecular complexity index is 1070. The maximum Gasteiger partial charge on any atom is 0.325 e. The van der Waals surface area contributed by atoms with Crippen molar-refractivity contribution in [2.24, 2.45) is 0 Å². The van der Waals surface area contributed by atoms with Gasteiger partial charge in [-0.15, -0.1) is 0 Å². The third-order valence-electron chi connectivity index (χ3n) is 8.08. The van der Waals surface area contributed by atoms with E-state index in [4.69, 9.17) is 14.5 Å². The first-order valence-corrected chi connectivity index (χ1v) is 14.1. The summed E-state index contributed by atoms with van der Waals surface area (Å²) >= 11 is 0. The van der Waals surface area contributed by atoms with Crippen LogP contribution in [0.4, 0.5) is 4.39 Å². The van der Waals surface area contributed by atoms with Crippen LogP contribution in [0.1, 0.15) is 91.6 Å². The van der Waals surface area contributed by atoms with E-state index in [-0.39, 0.29) is 18.0 Å². The van der Waals surface area contributed by atoms with E-state index in [2.05, 4.69) is 12.1 Å². The molecule has 2 saturated heterocycles. The second-order valence-electron chi connectivity index (χ2n) is 10.7. The number of carbonyl (C=O) groups is 1. The van der Waals surface area contributed by atoms with Gasteiger partial charge in [-0.2, -0.15) is 0 Å². The second-order valence-corrected chi connectivity index (χ2v) is 10.7. The fraction of sp³-hybridized carbons (Fsp3) is 0.600. The molecular formula is C30H39FN2O4. The Morgan fingerprint density at radius 2 is 2.03 bits per heavy atom. The lowest BCUT2D eigenvalue weighted by atomic mass is 9.91. The number of aromatic nitrogens is 1. The Hall–Kier alpha value is -2.35. The van der Waals surface area contributed by atoms with Gasteiger partial charge >= 0.3 is 5.97 Å². The summed E-state index contributed by atoms with van der Waals surface area (Å²) in [6, 6.07) is 8.28. The topological polar surface area (TPSA) is 71.9 Å². The first-order chi connectivity index (χ1) is 18.1. The number of benzene rings is 1. The number of rotatable bonds is 10. The molecule has 3 atom stereocenters. The second kappa shape index (κ2) is 12.5. The van der Waals surface area contributed by atoms with Gasteiger partial charge in [0, 0.05) is 43.3 Å². The minimum atomic E-state index is -0.958. The fourth-order valence-electron chi connectivity index (χ4n) is 6.14. The van der Waals surface area contributed by atoms with E-state index < -0.39 is 12.0 Å². The highest BCUT2D eigenvalue weighted by Gasteiger charge is 2.37. The van der Waals surface area contributed by atoms with Crippen LogP contribution in [0.2, 0.25) is 0 Å². The number of hydrogen-bond donors (Lipinski definition) is 1. The van der Waals surface area contributed by atoms with Crippen molar-refractivity contribution in [3.8, 4) is 0 Å². The lowest BCUT2D eigenvalue weighted by Crippen LogP contribution is -2.35. The molecule has 1 N–H and O–H groups in total. The lowest BCUT2D eigenvalue weighted by molar-refractivity contribution is -0.143. The van der Waals surface area contributed by atoms with Gasteiger partial charge < -0.3 is 14.6 Å². The molecule has 2 aromatic rings. The third-order valence-corrected chi connectivity index (χ3v) is 8.08. The van der Waals surface area contributed by atoms with E-state index in [9.17, 15) is 14.3 Å². The number of unbranched alkanes of at least 4 members (excludes halogenated alkanes) is 1. The summed E-state index contributed by atoms with van der Waals surface area (Å²) in [5.41, 5.74) is 4.80. The van der Waals surface area contributed by atoms with Gasteiger partial charge in [0.15, 0.2) is 0 Å². The van der Waals surface area contributed by atoms with Crippen molar-refractivity contribution in [1.29, 1.82) is 0 Å². The molecule has 200 valence electrons. The number of aliphatic carboxylic acids is 1. The molecule has 0 bridgehead atoms. The van der Waals surface area contributed by atoms with Gasteiger partial charge in [0.1, 0.15) is 11.9 Å². The van der Waals surface area contributed by atoms with Crippen LogP contribution in [0.3, 0.4) is 0 Å². The number of aryl methyl sites for hydroxylation is 3. The van der Waals surface area contributed by atoms with Gasteiger partial charge in [0.05, 0.1) is 12.2 Å². The molecule has 37 heavy (non-hydrogen) atoms. The Kier molecular flexibility index (Phi) is 8.85. The standard InChI is InChI=1S/C30H39FN2O4/c31-25-11-7-10-24(28(25)27-13-4-6-19-37-27)29(30(34)35)33-17-16-23(20-33)36-18-5-3-9-22-15-14-21-8-1-2-12-26(21)32-22/h7,10-11,14-15,23,27,29H,1-6,8-9,12-13,16-20H2,(H,34,35)/t23-,27-,29-/m1/s1. The molecule has 0 unspecified atom stereocenters. The summed E-state index contributed by atoms with van der Waals surface area (Å²) in [7, 11) is 0. The summed E-state index contributed by atoms with van der Waals surface area (Å²) in [6.07, 6.45) is 10.7. The van der Waals surface area contributed by atoms with Gasteiger partial charge in [0.2, 0.25) is 0 Å². The van der Waals surface area contributed by atoms with Gasteiger partial charge in [-0.25, -0.2) is 4.39 Å². The summed E-state index contributed by atoms with van der Waals surface area (Å²) in [5.74, 6) is -1.34. The number of likely N-dealkylation sites (tertiary alicyclic amines) is 1. The Labute approximate surface area is 219 Å². The largest absolute Gasteiger partial charge is 0.480 e. The summed E-state index contributed by atoms with van der Waals surface area (Å²) in [6.45, 7) is 2.38. The highest BCUT2D eigenvalue weighted by atomic mass is 19.1. The highest BCUT2D eigenvalue weighted by Crippen LogP contribution is 2.37. The molecule has 0 saturated carbocycles. The van der Waals surface area contributed by atoms with Crippen LogP contribution in [0.25, 0.3) is 0 Å². The zero-order chi connectivity index (χ0) is 25.6. The molecule has 5 rings (SSSR count). The van der Waals surface area contributed by atoms with Crippen molar-refractivity contribution in [1.82, 2.24) is 9.88 Å². The first kappa shape index (κ1) is 26.3. The maximum absolute atomic E-state index is 14.9. The van der Waals surface area contributed by atoms with Crippen LogP contribution in [-0.4, -0.2) is 53.4 Å². The van der Waals surface area contributed by atoms with E-state index >= 15 is 0 Å². The van der Waals surface area contributed by atoms with Crippen LogP contribution >= 0.6 is 0 Å². The zero-order valence-electron chi connectivity index (χ0n) is 21.7. The van der Waals surface area contributed by atoms with Crippen LogP contribution in [0, 0.1) is 5.82 Å². The maximum atomic E-state index is 14.9. The number of carboxylic acid groups (broad SMARTS) is 1. The molecule has 2 fully saturated rings. The van der Waals surface area contributed by atoms with Crippen molar-refractivity contribution in [3.63, 3.8) is 0 Å². The Balaban J connectivity index is 1.13. The van der Waals surface area contributed by atoms with Crippen LogP contribution in [-0.2, 0) is 33.5 Å². The molecule has 0 amide bonds. The molecule has 3 aliphatic rings. The molecular weight excluding hydrogens is 471 g/mol. The molecule has 2 aliphatic heterocycles. The smallest absolute Gasteiger partial charge is 0.325 e. The number of carboxylic acids is 1. The summed E-state index contributed by atoms with van der Waals surface area (Å²) < 4.78 is 26.9. The summed E-state index contributed by atoms with van der Waals surface area (Å²) in [4.78, 5) is 19.2. The van der Waals surface area contributed by atoms with E-state index in [1.807, 2.05) is 4.90 Å². The monoisotopic (exact) mass is 510 g/mol. The first-order valence-electron chi connectivity index (χ1n) is 14.1. The molecule has 0 spiro atoms. The molecule has 7 heteroatoms. The number of ether oxygens (including phenoxy) is 2. The molecule has 1 aliphatic carbocycles. The average Bonchev–Trinajstić information content (AvgIpc) is 3.37. The number of pyridine rings is 1. The van der Waals surface area contributed by atoms with E-state index in [0.717, 1.165) is 51.4 Å². The Morgan fingerprint density at radius 3 is 2.86 bits per heavy atom. The van der Waals surface area contributed by atoms with Crippen molar-refractivity contribution in [2.75, 3.05) is 26.3 Å². The normalized spacial score (nSPS) is 23.1. The van der Waals surface area contributed by atoms with E-state index in [1.54, 1.807) is 12.1 Å². The zero-order valence-corrected chi connectivity index (χ0v) is 21.7. The van der Waals surface area contributed by atoms with Crippen molar-refractivity contribution < 1.29 is 23.8 Å². The Morgan fingerprint density at radius 1 is 1.14 bits per heavy atom. The molecule has 1 aromatic heterocycles. The highest BCUT2D eigenvalue weighted by molar-refractivity contribution is 5.76. The summed E-state index contributed by atoms with van der Waals surface area (Å²) in [5, 5.41) is 10.2. The minimum absolute atomic E-state index is 0.00772. The van der Waals surface area contributed by atoms with Gasteiger partial charge in [0.25, 0.3) is 0 Å². The number of halogens is 1. The number of hydrogen-bond acceptors (Lipinski definition) is 5. The lowest BCUT2D eigenvalue weighted by Gasteiger charge is -2.30. The fourth-order valence-corrected chi connectivity index (χ4v) is 6.14. The molecule has 1 aromatic carbocycles. The van der Waals surface area contributed by atoms with Gasteiger partial charge in [-0.3, -0.25) is 14.7 Å². The predicted octanol–water partition coefficient (Wildman–Crippen LogP) is 5.58. The number of nitrogens with zero attached hydrogens (tertiary/aromatic N) is 2. The minimum Gasteiger partial charge on any atom is -0.480 e. The van der Waals surface area contributed by atoms with Crippen LogP contribution in [0.15, 0.2) is 30.3 Å². The van der Waals surface area contributed by atoms with E-state index in [1.165, 1.54) is 35.9 Å².